The number of H-pyrrole nitrogens is 1. The summed E-state index contributed by atoms with van der Waals surface area (Å²) in [5.41, 5.74) is -0.622. The summed E-state index contributed by atoms with van der Waals surface area (Å²) in [6, 6.07) is 2.39. The van der Waals surface area contributed by atoms with Crippen LogP contribution in [0.25, 0.3) is 11.4 Å². The zero-order chi connectivity index (χ0) is 19.8. The first-order valence-electron chi connectivity index (χ1n) is 7.69. The summed E-state index contributed by atoms with van der Waals surface area (Å²) in [6.45, 7) is -2.24. The molecule has 0 spiro atoms. The summed E-state index contributed by atoms with van der Waals surface area (Å²) >= 11 is 5.95. The third-order valence-electron chi connectivity index (χ3n) is 3.90. The fourth-order valence-electron chi connectivity index (χ4n) is 2.69. The molecule has 0 aliphatic carbocycles. The summed E-state index contributed by atoms with van der Waals surface area (Å²) in [5, 5.41) is 8.58. The highest BCUT2D eigenvalue weighted by atomic mass is 35.5. The molecule has 1 aliphatic rings. The highest BCUT2D eigenvalue weighted by Crippen LogP contribution is 2.28. The van der Waals surface area contributed by atoms with Gasteiger partial charge in [-0.15, -0.1) is 0 Å². The maximum atomic E-state index is 14.2. The van der Waals surface area contributed by atoms with Crippen LogP contribution in [0.1, 0.15) is 0 Å². The molecule has 0 aromatic carbocycles. The number of pyridine rings is 1. The number of rotatable bonds is 2. The van der Waals surface area contributed by atoms with E-state index in [2.05, 4.69) is 15.0 Å². The van der Waals surface area contributed by atoms with Gasteiger partial charge in [-0.1, -0.05) is 11.6 Å². The second kappa shape index (κ2) is 7.06. The van der Waals surface area contributed by atoms with Crippen molar-refractivity contribution in [2.75, 3.05) is 31.1 Å². The average molecular weight is 404 g/mol. The van der Waals surface area contributed by atoms with Gasteiger partial charge >= 0.3 is 6.09 Å². The number of amides is 1. The van der Waals surface area contributed by atoms with Crippen molar-refractivity contribution in [3.63, 3.8) is 0 Å². The highest BCUT2D eigenvalue weighted by molar-refractivity contribution is 6.32. The van der Waals surface area contributed by atoms with Crippen LogP contribution in [0.3, 0.4) is 0 Å². The predicted octanol–water partition coefficient (Wildman–Crippen LogP) is 2.06. The zero-order valence-corrected chi connectivity index (χ0v) is 14.4. The number of hydrogen-bond donors (Lipinski definition) is 2. The molecule has 0 atom stereocenters. The van der Waals surface area contributed by atoms with E-state index in [1.165, 1.54) is 6.07 Å². The Labute approximate surface area is 155 Å². The van der Waals surface area contributed by atoms with E-state index in [1.807, 2.05) is 0 Å². The van der Waals surface area contributed by atoms with Gasteiger partial charge < -0.3 is 19.9 Å². The molecule has 2 aromatic rings. The van der Waals surface area contributed by atoms with Crippen LogP contribution in [0.4, 0.5) is 23.8 Å². The van der Waals surface area contributed by atoms with Crippen LogP contribution >= 0.6 is 11.6 Å². The number of aromatic nitrogens is 3. The average Bonchev–Trinajstić information content (AvgIpc) is 2.75. The first-order chi connectivity index (χ1) is 12.7. The summed E-state index contributed by atoms with van der Waals surface area (Å²) in [4.78, 5) is 34.6. The first kappa shape index (κ1) is 19.0. The molecule has 1 aliphatic heterocycles. The normalized spacial score (nSPS) is 16.9. The first-order valence-corrected chi connectivity index (χ1v) is 8.06. The molecule has 0 saturated carbocycles. The third kappa shape index (κ3) is 4.13. The predicted molar refractivity (Wildman–Crippen MR) is 89.8 cm³/mol. The van der Waals surface area contributed by atoms with Crippen LogP contribution < -0.4 is 10.5 Å². The zero-order valence-electron chi connectivity index (χ0n) is 13.6. The van der Waals surface area contributed by atoms with Crippen molar-refractivity contribution >= 4 is 23.5 Å². The molecule has 3 heterocycles. The second-order valence-electron chi connectivity index (χ2n) is 5.90. The molecule has 27 heavy (non-hydrogen) atoms. The van der Waals surface area contributed by atoms with Gasteiger partial charge in [0.25, 0.3) is 11.5 Å². The maximum Gasteiger partial charge on any atom is 0.407 e. The van der Waals surface area contributed by atoms with E-state index in [-0.39, 0.29) is 30.3 Å². The Morgan fingerprint density at radius 1 is 1.33 bits per heavy atom. The van der Waals surface area contributed by atoms with Gasteiger partial charge in [0.05, 0.1) is 13.1 Å². The van der Waals surface area contributed by atoms with E-state index < -0.39 is 41.6 Å². The van der Waals surface area contributed by atoms with Crippen LogP contribution in [0.5, 0.6) is 0 Å². The summed E-state index contributed by atoms with van der Waals surface area (Å²) < 4.78 is 41.7. The van der Waals surface area contributed by atoms with Gasteiger partial charge in [0.1, 0.15) is 10.8 Å². The van der Waals surface area contributed by atoms with E-state index in [9.17, 15) is 22.8 Å². The maximum absolute atomic E-state index is 14.2. The van der Waals surface area contributed by atoms with Gasteiger partial charge in [-0.3, -0.25) is 4.79 Å². The van der Waals surface area contributed by atoms with Crippen molar-refractivity contribution < 1.29 is 23.1 Å². The molecule has 0 radical (unpaired) electrons. The lowest BCUT2D eigenvalue weighted by Gasteiger charge is -2.25. The number of carbonyl (C=O) groups is 1. The SMILES string of the molecule is O=C(O)N1CCN(c2nc(-c3ccnc(F)c3)[nH]c(=O)c2Cl)CC(F)(F)C1. The molecule has 3 rings (SSSR count). The molecule has 8 nitrogen and oxygen atoms in total. The van der Waals surface area contributed by atoms with Gasteiger partial charge in [-0.05, 0) is 6.07 Å². The highest BCUT2D eigenvalue weighted by Gasteiger charge is 2.40. The minimum absolute atomic E-state index is 0.0802. The standard InChI is InChI=1S/C15H13ClF3N5O3/c16-10-12(23-3-4-24(14(26)27)7-15(18,19)6-23)21-11(22-13(10)25)8-1-2-20-9(17)5-8/h1-2,5H,3-4,6-7H2,(H,26,27)(H,21,22,25). The van der Waals surface area contributed by atoms with E-state index in [1.54, 1.807) is 0 Å². The third-order valence-corrected chi connectivity index (χ3v) is 4.24. The Bertz CT molecular complexity index is 939. The number of halogens is 4. The Kier molecular flexibility index (Phi) is 4.96. The molecule has 2 aromatic heterocycles. The number of anilines is 1. The largest absolute Gasteiger partial charge is 0.465 e. The smallest absolute Gasteiger partial charge is 0.407 e. The van der Waals surface area contributed by atoms with Crippen molar-refractivity contribution in [1.29, 1.82) is 0 Å². The molecular formula is C15H13ClF3N5O3. The molecular weight excluding hydrogens is 391 g/mol. The van der Waals surface area contributed by atoms with Crippen LogP contribution in [0, 0.1) is 5.95 Å². The second-order valence-corrected chi connectivity index (χ2v) is 6.28. The van der Waals surface area contributed by atoms with Crippen LogP contribution in [-0.4, -0.2) is 63.2 Å². The van der Waals surface area contributed by atoms with Crippen molar-refractivity contribution in [2.45, 2.75) is 5.92 Å². The lowest BCUT2D eigenvalue weighted by Crippen LogP contribution is -2.41. The molecule has 1 amide bonds. The summed E-state index contributed by atoms with van der Waals surface area (Å²) in [6.07, 6.45) is -0.321. The number of aromatic amines is 1. The molecule has 2 N–H and O–H groups in total. The lowest BCUT2D eigenvalue weighted by molar-refractivity contribution is -0.0117. The van der Waals surface area contributed by atoms with Crippen molar-refractivity contribution in [3.8, 4) is 11.4 Å². The topological polar surface area (TPSA) is 102 Å². The van der Waals surface area contributed by atoms with E-state index in [0.29, 0.717) is 4.90 Å². The minimum atomic E-state index is -3.38. The van der Waals surface area contributed by atoms with Crippen LogP contribution in [0.2, 0.25) is 5.02 Å². The monoisotopic (exact) mass is 403 g/mol. The summed E-state index contributed by atoms with van der Waals surface area (Å²) in [5.74, 6) is -4.52. The Hall–Kier alpha value is -2.82. The Morgan fingerprint density at radius 3 is 2.74 bits per heavy atom. The number of carboxylic acid groups (broad SMARTS) is 1. The van der Waals surface area contributed by atoms with Gasteiger partial charge in [-0.2, -0.15) is 4.39 Å². The molecule has 144 valence electrons. The molecule has 1 fully saturated rings. The molecule has 0 bridgehead atoms. The van der Waals surface area contributed by atoms with E-state index in [0.717, 1.165) is 17.2 Å². The quantitative estimate of drug-likeness (QED) is 0.744. The van der Waals surface area contributed by atoms with E-state index in [4.69, 9.17) is 16.7 Å². The van der Waals surface area contributed by atoms with Gasteiger partial charge in [-0.25, -0.2) is 23.5 Å². The van der Waals surface area contributed by atoms with E-state index >= 15 is 0 Å². The molecule has 1 saturated heterocycles. The minimum Gasteiger partial charge on any atom is -0.465 e. The fourth-order valence-corrected chi connectivity index (χ4v) is 2.90. The molecule has 0 unspecified atom stereocenters. The van der Waals surface area contributed by atoms with Crippen LogP contribution in [0.15, 0.2) is 23.1 Å². The van der Waals surface area contributed by atoms with Crippen LogP contribution in [-0.2, 0) is 0 Å². The summed E-state index contributed by atoms with van der Waals surface area (Å²) in [7, 11) is 0. The lowest BCUT2D eigenvalue weighted by atomic mass is 10.2. The number of alkyl halides is 2. The number of hydrogen-bond acceptors (Lipinski definition) is 5. The van der Waals surface area contributed by atoms with Gasteiger partial charge in [0.15, 0.2) is 5.82 Å². The molecule has 12 heteroatoms. The van der Waals surface area contributed by atoms with Crippen molar-refractivity contribution in [3.05, 3.63) is 39.7 Å². The van der Waals surface area contributed by atoms with Crippen molar-refractivity contribution in [1.82, 2.24) is 19.9 Å². The van der Waals surface area contributed by atoms with Gasteiger partial charge in [0.2, 0.25) is 5.95 Å². The number of nitrogens with one attached hydrogen (secondary N) is 1. The Morgan fingerprint density at radius 2 is 2.07 bits per heavy atom. The van der Waals surface area contributed by atoms with Gasteiger partial charge in [0, 0.05) is 30.9 Å². The Balaban J connectivity index is 2.03. The number of nitrogens with zero attached hydrogens (tertiary/aromatic N) is 4. The fraction of sp³-hybridized carbons (Fsp3) is 0.333. The van der Waals surface area contributed by atoms with Crippen molar-refractivity contribution in [2.24, 2.45) is 0 Å².